The molecule has 0 heterocycles. The summed E-state index contributed by atoms with van der Waals surface area (Å²) < 4.78 is 0. The molecule has 0 aromatic carbocycles. The van der Waals surface area contributed by atoms with Gasteiger partial charge in [0, 0.05) is 12.8 Å². The predicted octanol–water partition coefficient (Wildman–Crippen LogP) is -0.602. The Morgan fingerprint density at radius 3 is 2.36 bits per heavy atom. The molecule has 14 heavy (non-hydrogen) atoms. The monoisotopic (exact) mass is 225 g/mol. The number of carbonyl (C=O) groups is 1. The topological polar surface area (TPSA) is 52.2 Å². The van der Waals surface area contributed by atoms with Crippen LogP contribution in [0.2, 0.25) is 0 Å². The molecular weight excluding hydrogens is 205 g/mol. The van der Waals surface area contributed by atoms with E-state index in [-0.39, 0.29) is 51.4 Å². The van der Waals surface area contributed by atoms with Gasteiger partial charge in [0.05, 0.1) is 0 Å². The van der Waals surface area contributed by atoms with Gasteiger partial charge in [-0.25, -0.2) is 0 Å². The summed E-state index contributed by atoms with van der Waals surface area (Å²) >= 11 is 0. The average Bonchev–Trinajstić information content (AvgIpc) is 2.13. The summed E-state index contributed by atoms with van der Waals surface area (Å²) in [7, 11) is 0. The van der Waals surface area contributed by atoms with Gasteiger partial charge in [-0.2, -0.15) is 0 Å². The Balaban J connectivity index is 0. The van der Waals surface area contributed by atoms with Crippen LogP contribution >= 0.6 is 0 Å². The summed E-state index contributed by atoms with van der Waals surface area (Å²) in [5.74, 6) is 0.298. The molecule has 0 radical (unpaired) electrons. The number of hydrogen-bond acceptors (Lipinski definition) is 3. The van der Waals surface area contributed by atoms with Crippen LogP contribution in [0.3, 0.4) is 0 Å². The first kappa shape index (κ1) is 17.6. The van der Waals surface area contributed by atoms with Crippen molar-refractivity contribution in [3.63, 3.8) is 0 Å². The van der Waals surface area contributed by atoms with Crippen molar-refractivity contribution in [3.8, 4) is 0 Å². The zero-order chi connectivity index (χ0) is 9.94. The van der Waals surface area contributed by atoms with Crippen LogP contribution in [0, 0.1) is 5.21 Å². The zero-order valence-electron chi connectivity index (χ0n) is 9.47. The maximum Gasteiger partial charge on any atom is 1.00 e. The van der Waals surface area contributed by atoms with Gasteiger partial charge in [-0.3, -0.25) is 4.79 Å². The Labute approximate surface area is 129 Å². The predicted molar refractivity (Wildman–Crippen MR) is 54.4 cm³/mol. The normalized spacial score (nSPS) is 9.57. The van der Waals surface area contributed by atoms with Crippen LogP contribution in [-0.2, 0) is 4.79 Å². The second kappa shape index (κ2) is 14.2. The molecule has 0 bridgehead atoms. The molecule has 0 unspecified atom stereocenters. The fraction of sp³-hybridized carbons (Fsp3) is 0.900. The number of hydrogen-bond donors (Lipinski definition) is 1. The molecule has 4 heteroatoms. The first-order valence-corrected chi connectivity index (χ1v) is 5.18. The summed E-state index contributed by atoms with van der Waals surface area (Å²) in [6, 6.07) is 0. The summed E-state index contributed by atoms with van der Waals surface area (Å²) in [6.07, 6.45) is 6.51. The third-order valence-corrected chi connectivity index (χ3v) is 2.04. The molecule has 0 amide bonds. The van der Waals surface area contributed by atoms with Crippen molar-refractivity contribution in [1.82, 2.24) is 5.48 Å². The number of ketones is 1. The van der Waals surface area contributed by atoms with Crippen molar-refractivity contribution >= 4 is 5.78 Å². The van der Waals surface area contributed by atoms with E-state index in [1.165, 1.54) is 12.8 Å². The van der Waals surface area contributed by atoms with E-state index in [0.717, 1.165) is 12.8 Å². The van der Waals surface area contributed by atoms with Gasteiger partial charge in [0.25, 0.3) is 0 Å². The molecule has 0 fully saturated rings. The second-order valence-corrected chi connectivity index (χ2v) is 3.35. The second-order valence-electron chi connectivity index (χ2n) is 3.35. The molecular formula is C10H20KNO2. The van der Waals surface area contributed by atoms with Crippen molar-refractivity contribution in [2.24, 2.45) is 0 Å². The van der Waals surface area contributed by atoms with Gasteiger partial charge in [-0.15, -0.1) is 0 Å². The molecule has 0 aliphatic rings. The molecule has 0 saturated heterocycles. The number of rotatable bonds is 9. The molecule has 0 spiro atoms. The minimum absolute atomic E-state index is 0. The summed E-state index contributed by atoms with van der Waals surface area (Å²) in [5.41, 5.74) is 1.80. The Bertz CT molecular complexity index is 131. The van der Waals surface area contributed by atoms with Gasteiger partial charge in [-0.1, -0.05) is 26.2 Å². The van der Waals surface area contributed by atoms with Gasteiger partial charge in [0.1, 0.15) is 5.78 Å². The maximum atomic E-state index is 11.2. The van der Waals surface area contributed by atoms with Crippen molar-refractivity contribution < 1.29 is 56.2 Å². The molecule has 0 aliphatic carbocycles. The number of Topliss-reactive ketones (excluding diaryl/α,β-unsaturated/α-hetero) is 1. The van der Waals surface area contributed by atoms with Crippen molar-refractivity contribution in [1.29, 1.82) is 0 Å². The van der Waals surface area contributed by atoms with E-state index in [4.69, 9.17) is 0 Å². The van der Waals surface area contributed by atoms with Crippen LogP contribution in [0.5, 0.6) is 0 Å². The fourth-order valence-corrected chi connectivity index (χ4v) is 1.23. The molecule has 0 aliphatic heterocycles. The largest absolute Gasteiger partial charge is 1.00 e. The van der Waals surface area contributed by atoms with E-state index in [1.54, 1.807) is 5.48 Å². The van der Waals surface area contributed by atoms with Crippen LogP contribution < -0.4 is 56.9 Å². The Morgan fingerprint density at radius 1 is 1.14 bits per heavy atom. The molecule has 78 valence electrons. The SMILES string of the molecule is CCCCCCC(=O)CCCN[O-].[K+]. The Morgan fingerprint density at radius 2 is 1.79 bits per heavy atom. The van der Waals surface area contributed by atoms with E-state index in [1.807, 2.05) is 0 Å². The number of nitrogens with one attached hydrogen (secondary N) is 1. The first-order chi connectivity index (χ1) is 6.31. The van der Waals surface area contributed by atoms with Gasteiger partial charge in [0.15, 0.2) is 0 Å². The maximum absolute atomic E-state index is 11.2. The molecule has 0 rings (SSSR count). The molecule has 0 aromatic rings. The zero-order valence-corrected chi connectivity index (χ0v) is 12.6. The summed E-state index contributed by atoms with van der Waals surface area (Å²) in [4.78, 5) is 11.2. The minimum Gasteiger partial charge on any atom is -0.788 e. The summed E-state index contributed by atoms with van der Waals surface area (Å²) in [5, 5.41) is 9.85. The smallest absolute Gasteiger partial charge is 0.788 e. The van der Waals surface area contributed by atoms with Crippen LogP contribution in [0.25, 0.3) is 0 Å². The number of carbonyl (C=O) groups excluding carboxylic acids is 1. The average molecular weight is 225 g/mol. The minimum atomic E-state index is 0. The van der Waals surface area contributed by atoms with Crippen LogP contribution in [-0.4, -0.2) is 12.3 Å². The molecule has 0 aromatic heterocycles. The molecule has 3 nitrogen and oxygen atoms in total. The molecule has 0 atom stereocenters. The third-order valence-electron chi connectivity index (χ3n) is 2.04. The standard InChI is InChI=1S/C10H20NO2.K/c1-2-3-4-5-7-10(12)8-6-9-11-13;/h11H,2-9H2,1H3;/q-1;+1. The molecule has 1 N–H and O–H groups in total. The summed E-state index contributed by atoms with van der Waals surface area (Å²) in [6.45, 7) is 2.56. The number of unbranched alkanes of at least 4 members (excludes halogenated alkanes) is 3. The van der Waals surface area contributed by atoms with Gasteiger partial charge in [-0.05, 0) is 19.4 Å². The van der Waals surface area contributed by atoms with Crippen molar-refractivity contribution in [2.75, 3.05) is 6.54 Å². The Hall–Kier alpha value is 1.23. The van der Waals surface area contributed by atoms with Crippen LogP contribution in [0.1, 0.15) is 51.9 Å². The first-order valence-electron chi connectivity index (χ1n) is 5.18. The van der Waals surface area contributed by atoms with E-state index in [0.29, 0.717) is 31.6 Å². The van der Waals surface area contributed by atoms with Crippen molar-refractivity contribution in [3.05, 3.63) is 5.21 Å². The number of hydroxylamine groups is 1. The van der Waals surface area contributed by atoms with E-state index in [2.05, 4.69) is 6.92 Å². The van der Waals surface area contributed by atoms with E-state index < -0.39 is 0 Å². The quantitative estimate of drug-likeness (QED) is 0.324. The van der Waals surface area contributed by atoms with Crippen molar-refractivity contribution in [2.45, 2.75) is 51.9 Å². The van der Waals surface area contributed by atoms with Gasteiger partial charge < -0.3 is 10.7 Å². The fourth-order valence-electron chi connectivity index (χ4n) is 1.23. The third kappa shape index (κ3) is 13.2. The molecule has 0 saturated carbocycles. The van der Waals surface area contributed by atoms with Crippen LogP contribution in [0.4, 0.5) is 0 Å². The van der Waals surface area contributed by atoms with Crippen LogP contribution in [0.15, 0.2) is 0 Å². The van der Waals surface area contributed by atoms with Gasteiger partial charge >= 0.3 is 51.4 Å². The van der Waals surface area contributed by atoms with E-state index >= 15 is 0 Å². The Kier molecular flexibility index (Phi) is 17.9. The van der Waals surface area contributed by atoms with Gasteiger partial charge in [0.2, 0.25) is 0 Å². The van der Waals surface area contributed by atoms with E-state index in [9.17, 15) is 10.0 Å².